The summed E-state index contributed by atoms with van der Waals surface area (Å²) in [5.41, 5.74) is 0.575. The van der Waals surface area contributed by atoms with Gasteiger partial charge >= 0.3 is 12.6 Å². The molecular weight excluding hydrogens is 396 g/mol. The maximum atomic E-state index is 13.2. The Morgan fingerprint density at radius 3 is 2.70 bits per heavy atom. The highest BCUT2D eigenvalue weighted by molar-refractivity contribution is 6.10. The molecule has 0 bridgehead atoms. The zero-order valence-corrected chi connectivity index (χ0v) is 15.9. The van der Waals surface area contributed by atoms with Crippen molar-refractivity contribution in [2.24, 2.45) is 0 Å². The second-order valence-electron chi connectivity index (χ2n) is 7.16. The Balaban J connectivity index is 1.52. The van der Waals surface area contributed by atoms with Crippen LogP contribution < -0.4 is 15.4 Å². The summed E-state index contributed by atoms with van der Waals surface area (Å²) < 4.78 is 29.5. The number of benzene rings is 2. The minimum atomic E-state index is -3.06. The number of fused-ring (bicyclic) bond motifs is 2. The minimum Gasteiger partial charge on any atom is -0.433 e. The van der Waals surface area contributed by atoms with Gasteiger partial charge in [0, 0.05) is 0 Å². The van der Waals surface area contributed by atoms with E-state index in [1.165, 1.54) is 24.3 Å². The Morgan fingerprint density at radius 2 is 1.90 bits per heavy atom. The van der Waals surface area contributed by atoms with Crippen LogP contribution in [0.1, 0.15) is 24.0 Å². The molecule has 2 aliphatic rings. The molecule has 1 fully saturated rings. The van der Waals surface area contributed by atoms with Crippen molar-refractivity contribution in [3.8, 4) is 5.75 Å². The number of anilines is 1. The minimum absolute atomic E-state index is 0.0209. The van der Waals surface area contributed by atoms with Gasteiger partial charge in [-0.3, -0.25) is 14.5 Å². The molecule has 30 heavy (non-hydrogen) atoms. The van der Waals surface area contributed by atoms with Crippen molar-refractivity contribution in [1.82, 2.24) is 10.2 Å². The first kappa shape index (κ1) is 19.8. The molecule has 1 aliphatic carbocycles. The van der Waals surface area contributed by atoms with E-state index < -0.39 is 36.5 Å². The summed E-state index contributed by atoms with van der Waals surface area (Å²) in [6, 6.07) is 12.4. The number of ether oxygens (including phenoxy) is 1. The van der Waals surface area contributed by atoms with Crippen LogP contribution in [0.4, 0.5) is 19.3 Å². The molecule has 1 saturated heterocycles. The summed E-state index contributed by atoms with van der Waals surface area (Å²) in [7, 11) is 0. The number of halogens is 2. The monoisotopic (exact) mass is 415 g/mol. The van der Waals surface area contributed by atoms with Gasteiger partial charge in [0.1, 0.15) is 17.8 Å². The predicted octanol–water partition coefficient (Wildman–Crippen LogP) is 3.01. The van der Waals surface area contributed by atoms with Gasteiger partial charge in [-0.25, -0.2) is 4.79 Å². The van der Waals surface area contributed by atoms with E-state index in [0.717, 1.165) is 28.9 Å². The van der Waals surface area contributed by atoms with Crippen molar-refractivity contribution in [1.29, 1.82) is 0 Å². The van der Waals surface area contributed by atoms with Crippen LogP contribution in [-0.4, -0.2) is 35.9 Å². The maximum absolute atomic E-state index is 13.2. The Bertz CT molecular complexity index is 1010. The molecule has 156 valence electrons. The van der Waals surface area contributed by atoms with Gasteiger partial charge in [-0.2, -0.15) is 8.78 Å². The maximum Gasteiger partial charge on any atom is 0.387 e. The van der Waals surface area contributed by atoms with Gasteiger partial charge in [0.05, 0.1) is 5.69 Å². The highest BCUT2D eigenvalue weighted by Crippen LogP contribution is 2.39. The molecule has 4 amide bonds. The van der Waals surface area contributed by atoms with E-state index in [9.17, 15) is 23.2 Å². The van der Waals surface area contributed by atoms with Gasteiger partial charge in [0.15, 0.2) is 0 Å². The Hall–Kier alpha value is -3.49. The zero-order chi connectivity index (χ0) is 21.3. The molecule has 1 heterocycles. The fourth-order valence-electron chi connectivity index (χ4n) is 4.06. The zero-order valence-electron chi connectivity index (χ0n) is 15.9. The number of imide groups is 1. The van der Waals surface area contributed by atoms with E-state index in [4.69, 9.17) is 0 Å². The third-order valence-electron chi connectivity index (χ3n) is 5.33. The lowest BCUT2D eigenvalue weighted by atomic mass is 9.76. The Morgan fingerprint density at radius 1 is 1.17 bits per heavy atom. The number of hydrogen-bond acceptors (Lipinski definition) is 4. The number of carbonyl (C=O) groups excluding carboxylic acids is 3. The normalized spacial score (nSPS) is 20.3. The lowest BCUT2D eigenvalue weighted by molar-refractivity contribution is -0.134. The first-order chi connectivity index (χ1) is 14.4. The summed E-state index contributed by atoms with van der Waals surface area (Å²) in [4.78, 5) is 39.1. The van der Waals surface area contributed by atoms with Gasteiger partial charge < -0.3 is 15.4 Å². The molecule has 0 saturated carbocycles. The van der Waals surface area contributed by atoms with Crippen LogP contribution in [-0.2, 0) is 21.5 Å². The van der Waals surface area contributed by atoms with E-state index in [1.54, 1.807) is 6.07 Å². The van der Waals surface area contributed by atoms with Crippen LogP contribution in [0, 0.1) is 0 Å². The van der Waals surface area contributed by atoms with Crippen LogP contribution in [0.3, 0.4) is 0 Å². The van der Waals surface area contributed by atoms with Crippen molar-refractivity contribution < 1.29 is 27.9 Å². The SMILES string of the molecule is O=C(CN1C(=O)N[C@]2(CCCc3ccccc32)C1=O)Nc1ccccc1OC(F)F. The van der Waals surface area contributed by atoms with Crippen LogP contribution in [0.15, 0.2) is 48.5 Å². The number of amides is 4. The van der Waals surface area contributed by atoms with Crippen molar-refractivity contribution in [2.75, 3.05) is 11.9 Å². The molecular formula is C21H19F2N3O4. The molecule has 1 atom stereocenters. The second kappa shape index (κ2) is 7.74. The lowest BCUT2D eigenvalue weighted by Crippen LogP contribution is -2.47. The third-order valence-corrected chi connectivity index (χ3v) is 5.33. The summed E-state index contributed by atoms with van der Waals surface area (Å²) in [6.07, 6.45) is 1.97. The van der Waals surface area contributed by atoms with Crippen molar-refractivity contribution in [2.45, 2.75) is 31.4 Å². The molecule has 0 radical (unpaired) electrons. The third kappa shape index (κ3) is 3.47. The smallest absolute Gasteiger partial charge is 0.387 e. The van der Waals surface area contributed by atoms with Gasteiger partial charge in [0.2, 0.25) is 5.91 Å². The largest absolute Gasteiger partial charge is 0.433 e. The number of rotatable bonds is 5. The Labute approximate surface area is 171 Å². The van der Waals surface area contributed by atoms with E-state index >= 15 is 0 Å². The van der Waals surface area contributed by atoms with E-state index in [0.29, 0.717) is 6.42 Å². The molecule has 7 nitrogen and oxygen atoms in total. The fourth-order valence-corrected chi connectivity index (χ4v) is 4.06. The standard InChI is InChI=1S/C21H19F2N3O4/c22-19(23)30-16-10-4-3-9-15(16)24-17(27)12-26-18(28)21(25-20(26)29)11-5-7-13-6-1-2-8-14(13)21/h1-4,6,8-10,19H,5,7,11-12H2,(H,24,27)(H,25,29)/t21-/m0/s1. The van der Waals surface area contributed by atoms with E-state index in [-0.39, 0.29) is 11.4 Å². The quantitative estimate of drug-likeness (QED) is 0.735. The molecule has 2 N–H and O–H groups in total. The molecule has 2 aromatic rings. The van der Waals surface area contributed by atoms with Crippen LogP contribution in [0.2, 0.25) is 0 Å². The number of carbonyl (C=O) groups is 3. The fraction of sp³-hybridized carbons (Fsp3) is 0.286. The summed E-state index contributed by atoms with van der Waals surface area (Å²) in [6.45, 7) is -3.60. The average molecular weight is 415 g/mol. The van der Waals surface area contributed by atoms with Crippen LogP contribution in [0.25, 0.3) is 0 Å². The average Bonchev–Trinajstić information content (AvgIpc) is 2.94. The lowest BCUT2D eigenvalue weighted by Gasteiger charge is -2.33. The number of aryl methyl sites for hydroxylation is 1. The van der Waals surface area contributed by atoms with Crippen molar-refractivity contribution in [3.63, 3.8) is 0 Å². The van der Waals surface area contributed by atoms with Crippen LogP contribution >= 0.6 is 0 Å². The summed E-state index contributed by atoms with van der Waals surface area (Å²) >= 11 is 0. The van der Waals surface area contributed by atoms with Gasteiger partial charge in [-0.1, -0.05) is 36.4 Å². The number of urea groups is 1. The molecule has 1 aliphatic heterocycles. The topological polar surface area (TPSA) is 87.7 Å². The highest BCUT2D eigenvalue weighted by Gasteiger charge is 2.54. The first-order valence-corrected chi connectivity index (χ1v) is 9.47. The molecule has 0 unspecified atom stereocenters. The van der Waals surface area contributed by atoms with Gasteiger partial charge in [-0.15, -0.1) is 0 Å². The van der Waals surface area contributed by atoms with Crippen molar-refractivity contribution >= 4 is 23.5 Å². The van der Waals surface area contributed by atoms with Crippen molar-refractivity contribution in [3.05, 3.63) is 59.7 Å². The number of hydrogen-bond donors (Lipinski definition) is 2. The highest BCUT2D eigenvalue weighted by atomic mass is 19.3. The van der Waals surface area contributed by atoms with Gasteiger partial charge in [0.25, 0.3) is 5.91 Å². The molecule has 0 aromatic heterocycles. The van der Waals surface area contributed by atoms with Gasteiger partial charge in [-0.05, 0) is 42.5 Å². The molecule has 4 rings (SSSR count). The number of alkyl halides is 2. The number of nitrogens with one attached hydrogen (secondary N) is 2. The van der Waals surface area contributed by atoms with E-state index in [2.05, 4.69) is 15.4 Å². The van der Waals surface area contributed by atoms with Crippen LogP contribution in [0.5, 0.6) is 5.75 Å². The predicted molar refractivity (Wildman–Crippen MR) is 103 cm³/mol. The van der Waals surface area contributed by atoms with E-state index in [1.807, 2.05) is 18.2 Å². The Kier molecular flexibility index (Phi) is 5.11. The molecule has 1 spiro atoms. The molecule has 2 aromatic carbocycles. The number of nitrogens with zero attached hydrogens (tertiary/aromatic N) is 1. The molecule has 9 heteroatoms. The number of para-hydroxylation sites is 2. The second-order valence-corrected chi connectivity index (χ2v) is 7.16. The summed E-state index contributed by atoms with van der Waals surface area (Å²) in [5, 5.41) is 5.19. The summed E-state index contributed by atoms with van der Waals surface area (Å²) in [5.74, 6) is -1.41. The first-order valence-electron chi connectivity index (χ1n) is 9.47.